The van der Waals surface area contributed by atoms with Crippen LogP contribution >= 0.6 is 23.2 Å². The number of carbonyl (C=O) groups is 1. The summed E-state index contributed by atoms with van der Waals surface area (Å²) in [4.78, 5) is 13.4. The minimum Gasteiger partial charge on any atom is -0.455 e. The van der Waals surface area contributed by atoms with Crippen LogP contribution in [0.5, 0.6) is 0 Å². The number of halogens is 2. The standard InChI is InChI=1S/C19H26Cl2N2O6/c20-7-10-22(11-8-21)13-5-3-12(4-6-13)2-1-9-23(27)18-14(24)16-17(28-18)15(25)19(26)29-16/h3-6,14-18,24-25,27H,1-2,7-11H2/t14-,15+,16-,17-,18-/m1/s1. The topological polar surface area (TPSA) is 103 Å². The molecule has 0 amide bonds. The Morgan fingerprint density at radius 1 is 1.00 bits per heavy atom. The van der Waals surface area contributed by atoms with Crippen LogP contribution in [0.2, 0.25) is 0 Å². The first-order valence-electron chi connectivity index (χ1n) is 9.59. The van der Waals surface area contributed by atoms with E-state index in [1.54, 1.807) is 0 Å². The first kappa shape index (κ1) is 22.6. The highest BCUT2D eigenvalue weighted by molar-refractivity contribution is 6.18. The Morgan fingerprint density at radius 3 is 2.24 bits per heavy atom. The predicted octanol–water partition coefficient (Wildman–Crippen LogP) is 0.966. The van der Waals surface area contributed by atoms with Gasteiger partial charge in [-0.3, -0.25) is 0 Å². The third kappa shape index (κ3) is 5.14. The molecule has 0 aliphatic carbocycles. The number of fused-ring (bicyclic) bond motifs is 1. The van der Waals surface area contributed by atoms with Crippen molar-refractivity contribution in [1.82, 2.24) is 5.06 Å². The summed E-state index contributed by atoms with van der Waals surface area (Å²) in [5.74, 6) is 0.233. The van der Waals surface area contributed by atoms with E-state index in [9.17, 15) is 20.2 Å². The van der Waals surface area contributed by atoms with E-state index in [1.165, 1.54) is 0 Å². The van der Waals surface area contributed by atoms with Gasteiger partial charge in [-0.05, 0) is 30.5 Å². The summed E-state index contributed by atoms with van der Waals surface area (Å²) >= 11 is 11.7. The van der Waals surface area contributed by atoms with Crippen LogP contribution in [0, 0.1) is 0 Å². The lowest BCUT2D eigenvalue weighted by atomic mass is 10.1. The number of nitrogens with zero attached hydrogens (tertiary/aromatic N) is 2. The monoisotopic (exact) mass is 448 g/mol. The van der Waals surface area contributed by atoms with Gasteiger partial charge in [0, 0.05) is 37.1 Å². The molecule has 2 aliphatic rings. The highest BCUT2D eigenvalue weighted by Crippen LogP contribution is 2.33. The second-order valence-electron chi connectivity index (χ2n) is 7.13. The molecule has 2 heterocycles. The van der Waals surface area contributed by atoms with Crippen LogP contribution in [0.1, 0.15) is 12.0 Å². The number of aliphatic hydroxyl groups is 2. The molecule has 2 saturated heterocycles. The Labute approximate surface area is 179 Å². The van der Waals surface area contributed by atoms with Crippen LogP contribution < -0.4 is 4.90 Å². The number of aryl methyl sites for hydroxylation is 1. The third-order valence-corrected chi connectivity index (χ3v) is 5.55. The number of benzene rings is 1. The number of ether oxygens (including phenoxy) is 2. The van der Waals surface area contributed by atoms with Crippen molar-refractivity contribution in [2.24, 2.45) is 0 Å². The maximum absolute atomic E-state index is 11.3. The molecule has 29 heavy (non-hydrogen) atoms. The third-order valence-electron chi connectivity index (χ3n) is 5.21. The van der Waals surface area contributed by atoms with Crippen molar-refractivity contribution in [1.29, 1.82) is 0 Å². The molecule has 3 rings (SSSR count). The van der Waals surface area contributed by atoms with Crippen LogP contribution in [-0.4, -0.2) is 88.5 Å². The smallest absolute Gasteiger partial charge is 0.338 e. The number of alkyl halides is 2. The molecule has 0 radical (unpaired) electrons. The van der Waals surface area contributed by atoms with Gasteiger partial charge in [0.1, 0.15) is 12.2 Å². The fraction of sp³-hybridized carbons (Fsp3) is 0.632. The van der Waals surface area contributed by atoms with Gasteiger partial charge < -0.3 is 29.8 Å². The molecule has 2 fully saturated rings. The molecule has 0 saturated carbocycles. The molecule has 0 spiro atoms. The molecule has 1 aromatic rings. The van der Waals surface area contributed by atoms with Crippen molar-refractivity contribution in [3.05, 3.63) is 29.8 Å². The molecule has 1 aromatic carbocycles. The quantitative estimate of drug-likeness (QED) is 0.276. The van der Waals surface area contributed by atoms with E-state index >= 15 is 0 Å². The van der Waals surface area contributed by atoms with Crippen molar-refractivity contribution in [3.63, 3.8) is 0 Å². The second-order valence-corrected chi connectivity index (χ2v) is 7.88. The van der Waals surface area contributed by atoms with Crippen LogP contribution in [0.15, 0.2) is 24.3 Å². The van der Waals surface area contributed by atoms with E-state index in [-0.39, 0.29) is 6.54 Å². The summed E-state index contributed by atoms with van der Waals surface area (Å²) in [5, 5.41) is 31.0. The number of hydrogen-bond donors (Lipinski definition) is 3. The normalized spacial score (nSPS) is 28.6. The van der Waals surface area contributed by atoms with Gasteiger partial charge in [0.15, 0.2) is 18.4 Å². The number of aliphatic hydroxyl groups excluding tert-OH is 2. The number of esters is 1. The van der Waals surface area contributed by atoms with Gasteiger partial charge in [0.05, 0.1) is 0 Å². The summed E-state index contributed by atoms with van der Waals surface area (Å²) in [6, 6.07) is 8.08. The molecule has 3 N–H and O–H groups in total. The average Bonchev–Trinajstić information content (AvgIpc) is 3.18. The van der Waals surface area contributed by atoms with Gasteiger partial charge >= 0.3 is 5.97 Å². The Kier molecular flexibility index (Phi) is 7.98. The van der Waals surface area contributed by atoms with Crippen molar-refractivity contribution in [2.75, 3.05) is 36.3 Å². The number of rotatable bonds is 10. The van der Waals surface area contributed by atoms with Gasteiger partial charge in [0.25, 0.3) is 0 Å². The van der Waals surface area contributed by atoms with Crippen LogP contribution in [-0.2, 0) is 20.7 Å². The van der Waals surface area contributed by atoms with E-state index < -0.39 is 36.6 Å². The second kappa shape index (κ2) is 10.3. The molecule has 5 atom stereocenters. The van der Waals surface area contributed by atoms with Gasteiger partial charge in [0.2, 0.25) is 0 Å². The van der Waals surface area contributed by atoms with Gasteiger partial charge in [-0.1, -0.05) is 12.1 Å². The Bertz CT molecular complexity index is 673. The van der Waals surface area contributed by atoms with Gasteiger partial charge in [-0.25, -0.2) is 4.79 Å². The van der Waals surface area contributed by atoms with Crippen molar-refractivity contribution in [2.45, 2.75) is 43.5 Å². The molecular weight excluding hydrogens is 423 g/mol. The fourth-order valence-electron chi connectivity index (χ4n) is 3.67. The number of anilines is 1. The summed E-state index contributed by atoms with van der Waals surface area (Å²) in [5.41, 5.74) is 2.16. The van der Waals surface area contributed by atoms with E-state index in [0.29, 0.717) is 18.2 Å². The first-order valence-corrected chi connectivity index (χ1v) is 10.7. The van der Waals surface area contributed by atoms with E-state index in [4.69, 9.17) is 32.7 Å². The number of hydrogen-bond acceptors (Lipinski definition) is 8. The maximum Gasteiger partial charge on any atom is 0.338 e. The number of hydroxylamine groups is 2. The minimum absolute atomic E-state index is 0.248. The molecule has 8 nitrogen and oxygen atoms in total. The van der Waals surface area contributed by atoms with Gasteiger partial charge in [-0.15, -0.1) is 23.2 Å². The Morgan fingerprint density at radius 2 is 1.66 bits per heavy atom. The van der Waals surface area contributed by atoms with Crippen LogP contribution in [0.3, 0.4) is 0 Å². The molecule has 0 bridgehead atoms. The molecule has 10 heteroatoms. The fourth-order valence-corrected chi connectivity index (χ4v) is 4.08. The molecule has 0 unspecified atom stereocenters. The molecule has 2 aliphatic heterocycles. The van der Waals surface area contributed by atoms with E-state index in [0.717, 1.165) is 35.8 Å². The zero-order valence-electron chi connectivity index (χ0n) is 15.9. The molecule has 0 aromatic heterocycles. The zero-order valence-corrected chi connectivity index (χ0v) is 17.4. The minimum atomic E-state index is -1.44. The van der Waals surface area contributed by atoms with Crippen LogP contribution in [0.25, 0.3) is 0 Å². The highest BCUT2D eigenvalue weighted by Gasteiger charge is 2.57. The summed E-state index contributed by atoms with van der Waals surface area (Å²) in [6.07, 6.45) is -4.30. The summed E-state index contributed by atoms with van der Waals surface area (Å²) in [6.45, 7) is 1.70. The summed E-state index contributed by atoms with van der Waals surface area (Å²) < 4.78 is 10.3. The molecule has 162 valence electrons. The van der Waals surface area contributed by atoms with Crippen molar-refractivity contribution >= 4 is 34.9 Å². The lowest BCUT2D eigenvalue weighted by Crippen LogP contribution is -2.43. The van der Waals surface area contributed by atoms with E-state index in [2.05, 4.69) is 4.90 Å². The summed E-state index contributed by atoms with van der Waals surface area (Å²) in [7, 11) is 0. The average molecular weight is 449 g/mol. The first-order chi connectivity index (χ1) is 14.0. The predicted molar refractivity (Wildman–Crippen MR) is 107 cm³/mol. The number of carbonyl (C=O) groups excluding carboxylic acids is 1. The largest absolute Gasteiger partial charge is 0.455 e. The highest BCUT2D eigenvalue weighted by atomic mass is 35.5. The van der Waals surface area contributed by atoms with E-state index in [1.807, 2.05) is 24.3 Å². The SMILES string of the molecule is O=C1O[C@@H]2[C@@H](O)[C@H](N(O)CCCc3ccc(N(CCCl)CCCl)cc3)O[C@@H]2[C@@H]1O. The van der Waals surface area contributed by atoms with Crippen LogP contribution in [0.4, 0.5) is 5.69 Å². The lowest BCUT2D eigenvalue weighted by molar-refractivity contribution is -0.236. The molecular formula is C19H26Cl2N2O6. The van der Waals surface area contributed by atoms with Crippen molar-refractivity contribution < 1.29 is 29.7 Å². The Balaban J connectivity index is 1.47. The maximum atomic E-state index is 11.3. The lowest BCUT2D eigenvalue weighted by Gasteiger charge is -2.25. The Hall–Kier alpha value is -1.13. The zero-order chi connectivity index (χ0) is 21.0. The van der Waals surface area contributed by atoms with Gasteiger partial charge in [-0.2, -0.15) is 5.06 Å². The van der Waals surface area contributed by atoms with Crippen molar-refractivity contribution in [3.8, 4) is 0 Å².